The van der Waals surface area contributed by atoms with Gasteiger partial charge in [-0.15, -0.1) is 10.2 Å². The molecule has 0 saturated heterocycles. The molecule has 118 valence electrons. The molecule has 0 aliphatic heterocycles. The number of hydrogen-bond donors (Lipinski definition) is 2. The Bertz CT molecular complexity index is 628. The summed E-state index contributed by atoms with van der Waals surface area (Å²) in [6, 6.07) is 8.02. The number of aryl methyl sites for hydroxylation is 1. The van der Waals surface area contributed by atoms with Crippen LogP contribution in [-0.4, -0.2) is 28.4 Å². The van der Waals surface area contributed by atoms with Gasteiger partial charge in [0.15, 0.2) is 4.34 Å². The van der Waals surface area contributed by atoms with Crippen molar-refractivity contribution in [3.63, 3.8) is 0 Å². The van der Waals surface area contributed by atoms with Crippen LogP contribution in [0.25, 0.3) is 0 Å². The van der Waals surface area contributed by atoms with Gasteiger partial charge in [-0.25, -0.2) is 0 Å². The molecule has 2 aromatic rings. The van der Waals surface area contributed by atoms with Crippen molar-refractivity contribution in [1.82, 2.24) is 15.5 Å². The molecule has 0 unspecified atom stereocenters. The van der Waals surface area contributed by atoms with E-state index in [4.69, 9.17) is 0 Å². The van der Waals surface area contributed by atoms with Crippen molar-refractivity contribution in [3.8, 4) is 0 Å². The van der Waals surface area contributed by atoms with Crippen molar-refractivity contribution in [2.24, 2.45) is 5.92 Å². The van der Waals surface area contributed by atoms with Gasteiger partial charge < -0.3 is 10.6 Å². The number of nitrogens with zero attached hydrogens (tertiary/aromatic N) is 2. The summed E-state index contributed by atoms with van der Waals surface area (Å²) >= 11 is 2.86. The molecule has 1 aromatic heterocycles. The molecular formula is C15H20N4OS2. The van der Waals surface area contributed by atoms with Gasteiger partial charge in [-0.05, 0) is 24.5 Å². The summed E-state index contributed by atoms with van der Waals surface area (Å²) in [5.74, 6) is 0.855. The van der Waals surface area contributed by atoms with Crippen LogP contribution in [0, 0.1) is 12.8 Å². The minimum atomic E-state index is 0.0299. The van der Waals surface area contributed by atoms with Crippen LogP contribution in [-0.2, 0) is 4.79 Å². The standard InChI is InChI=1S/C15H20N4OS2/c1-10(2)8-16-13(20)9-21-15-19-18-14(22-15)17-12-7-5-4-6-11(12)3/h4-7,10H,8-9H2,1-3H3,(H,16,20)(H,17,18). The van der Waals surface area contributed by atoms with Crippen LogP contribution < -0.4 is 10.6 Å². The monoisotopic (exact) mass is 336 g/mol. The molecule has 0 bridgehead atoms. The normalized spacial score (nSPS) is 10.7. The largest absolute Gasteiger partial charge is 0.355 e. The second-order valence-electron chi connectivity index (χ2n) is 5.30. The van der Waals surface area contributed by atoms with E-state index in [9.17, 15) is 4.79 Å². The number of rotatable bonds is 7. The van der Waals surface area contributed by atoms with Crippen molar-refractivity contribution in [1.29, 1.82) is 0 Å². The minimum Gasteiger partial charge on any atom is -0.355 e. The third-order valence-corrected chi connectivity index (χ3v) is 4.80. The summed E-state index contributed by atoms with van der Waals surface area (Å²) < 4.78 is 0.788. The van der Waals surface area contributed by atoms with Crippen molar-refractivity contribution in [2.45, 2.75) is 25.1 Å². The number of amides is 1. The van der Waals surface area contributed by atoms with E-state index in [1.807, 2.05) is 31.2 Å². The van der Waals surface area contributed by atoms with Crippen molar-refractivity contribution >= 4 is 39.8 Å². The number of para-hydroxylation sites is 1. The van der Waals surface area contributed by atoms with Crippen LogP contribution in [0.1, 0.15) is 19.4 Å². The molecule has 0 fully saturated rings. The lowest BCUT2D eigenvalue weighted by Gasteiger charge is -2.06. The molecule has 2 rings (SSSR count). The van der Waals surface area contributed by atoms with E-state index in [0.29, 0.717) is 18.2 Å². The van der Waals surface area contributed by atoms with Crippen LogP contribution in [0.3, 0.4) is 0 Å². The third kappa shape index (κ3) is 5.31. The molecular weight excluding hydrogens is 316 g/mol. The maximum Gasteiger partial charge on any atom is 0.230 e. The van der Waals surface area contributed by atoms with E-state index in [1.54, 1.807) is 0 Å². The number of anilines is 2. The number of carbonyl (C=O) groups excluding carboxylic acids is 1. The lowest BCUT2D eigenvalue weighted by Crippen LogP contribution is -2.28. The maximum absolute atomic E-state index is 11.7. The number of thioether (sulfide) groups is 1. The van der Waals surface area contributed by atoms with E-state index >= 15 is 0 Å². The van der Waals surface area contributed by atoms with Crippen molar-refractivity contribution < 1.29 is 4.79 Å². The molecule has 1 aromatic carbocycles. The summed E-state index contributed by atoms with van der Waals surface area (Å²) in [6.45, 7) is 6.89. The zero-order chi connectivity index (χ0) is 15.9. The average Bonchev–Trinajstić information content (AvgIpc) is 2.93. The predicted molar refractivity (Wildman–Crippen MR) is 92.9 cm³/mol. The topological polar surface area (TPSA) is 66.9 Å². The fourth-order valence-corrected chi connectivity index (χ4v) is 3.24. The predicted octanol–water partition coefficient (Wildman–Crippen LogP) is 3.45. The summed E-state index contributed by atoms with van der Waals surface area (Å²) in [6.07, 6.45) is 0. The Kier molecular flexibility index (Phi) is 6.21. The second kappa shape index (κ2) is 8.14. The fourth-order valence-electron chi connectivity index (χ4n) is 1.64. The highest BCUT2D eigenvalue weighted by molar-refractivity contribution is 8.01. The van der Waals surface area contributed by atoms with Gasteiger partial charge in [0.1, 0.15) is 0 Å². The van der Waals surface area contributed by atoms with Crippen molar-refractivity contribution in [2.75, 3.05) is 17.6 Å². The molecule has 22 heavy (non-hydrogen) atoms. The summed E-state index contributed by atoms with van der Waals surface area (Å²) in [4.78, 5) is 11.7. The summed E-state index contributed by atoms with van der Waals surface area (Å²) in [5, 5.41) is 15.1. The minimum absolute atomic E-state index is 0.0299. The molecule has 0 saturated carbocycles. The zero-order valence-corrected chi connectivity index (χ0v) is 14.6. The Morgan fingerprint density at radius 2 is 2.09 bits per heavy atom. The average molecular weight is 336 g/mol. The quantitative estimate of drug-likeness (QED) is 0.758. The van der Waals surface area contributed by atoms with Crippen LogP contribution in [0.2, 0.25) is 0 Å². The highest BCUT2D eigenvalue weighted by Gasteiger charge is 2.09. The van der Waals surface area contributed by atoms with Crippen LogP contribution in [0.15, 0.2) is 28.6 Å². The van der Waals surface area contributed by atoms with Crippen LogP contribution in [0.4, 0.5) is 10.8 Å². The molecule has 2 N–H and O–H groups in total. The van der Waals surface area contributed by atoms with E-state index in [0.717, 1.165) is 20.7 Å². The first kappa shape index (κ1) is 16.8. The van der Waals surface area contributed by atoms with E-state index in [-0.39, 0.29) is 5.91 Å². The van der Waals surface area contributed by atoms with Crippen LogP contribution >= 0.6 is 23.1 Å². The van der Waals surface area contributed by atoms with Gasteiger partial charge in [-0.3, -0.25) is 4.79 Å². The third-order valence-electron chi connectivity index (χ3n) is 2.83. The Balaban J connectivity index is 1.84. The number of benzene rings is 1. The molecule has 1 amide bonds. The molecule has 0 atom stereocenters. The molecule has 0 spiro atoms. The van der Waals surface area contributed by atoms with E-state index < -0.39 is 0 Å². The lowest BCUT2D eigenvalue weighted by molar-refractivity contribution is -0.118. The first-order valence-electron chi connectivity index (χ1n) is 7.10. The van der Waals surface area contributed by atoms with Gasteiger partial charge in [0.2, 0.25) is 11.0 Å². The Labute approximate surface area is 138 Å². The number of hydrogen-bond acceptors (Lipinski definition) is 6. The molecule has 0 radical (unpaired) electrons. The van der Waals surface area contributed by atoms with E-state index in [1.165, 1.54) is 23.1 Å². The van der Waals surface area contributed by atoms with Gasteiger partial charge in [0, 0.05) is 12.2 Å². The number of nitrogens with one attached hydrogen (secondary N) is 2. The smallest absolute Gasteiger partial charge is 0.230 e. The fraction of sp³-hybridized carbons (Fsp3) is 0.400. The Hall–Kier alpha value is -1.60. The van der Waals surface area contributed by atoms with Crippen molar-refractivity contribution in [3.05, 3.63) is 29.8 Å². The SMILES string of the molecule is Cc1ccccc1Nc1nnc(SCC(=O)NCC(C)C)s1. The van der Waals surface area contributed by atoms with Gasteiger partial charge in [0.25, 0.3) is 0 Å². The van der Waals surface area contributed by atoms with E-state index in [2.05, 4.69) is 34.7 Å². The molecule has 0 aliphatic carbocycles. The first-order valence-corrected chi connectivity index (χ1v) is 8.90. The highest BCUT2D eigenvalue weighted by atomic mass is 32.2. The summed E-state index contributed by atoms with van der Waals surface area (Å²) in [5.41, 5.74) is 2.17. The number of carbonyl (C=O) groups is 1. The van der Waals surface area contributed by atoms with Crippen LogP contribution in [0.5, 0.6) is 0 Å². The molecule has 5 nitrogen and oxygen atoms in total. The number of aromatic nitrogens is 2. The molecule has 0 aliphatic rings. The zero-order valence-electron chi connectivity index (χ0n) is 12.9. The van der Waals surface area contributed by atoms with Gasteiger partial charge in [-0.1, -0.05) is 55.1 Å². The Morgan fingerprint density at radius 3 is 2.82 bits per heavy atom. The van der Waals surface area contributed by atoms with Gasteiger partial charge >= 0.3 is 0 Å². The second-order valence-corrected chi connectivity index (χ2v) is 7.50. The lowest BCUT2D eigenvalue weighted by atomic mass is 10.2. The Morgan fingerprint density at radius 1 is 1.32 bits per heavy atom. The maximum atomic E-state index is 11.7. The molecule has 7 heteroatoms. The highest BCUT2D eigenvalue weighted by Crippen LogP contribution is 2.28. The first-order chi connectivity index (χ1) is 10.5. The van der Waals surface area contributed by atoms with Gasteiger partial charge in [-0.2, -0.15) is 0 Å². The van der Waals surface area contributed by atoms with Gasteiger partial charge in [0.05, 0.1) is 5.75 Å². The summed E-state index contributed by atoms with van der Waals surface area (Å²) in [7, 11) is 0. The molecule has 1 heterocycles.